The third-order valence-corrected chi connectivity index (χ3v) is 4.45. The highest BCUT2D eigenvalue weighted by Crippen LogP contribution is 2.21. The minimum absolute atomic E-state index is 0.0606. The highest BCUT2D eigenvalue weighted by molar-refractivity contribution is 6.09. The van der Waals surface area contributed by atoms with E-state index in [2.05, 4.69) is 5.32 Å². The van der Waals surface area contributed by atoms with Crippen LogP contribution >= 0.6 is 0 Å². The first-order valence-electron chi connectivity index (χ1n) is 8.94. The van der Waals surface area contributed by atoms with Crippen molar-refractivity contribution < 1.29 is 19.2 Å². The topological polar surface area (TPSA) is 102 Å². The van der Waals surface area contributed by atoms with Crippen molar-refractivity contribution in [3.63, 3.8) is 0 Å². The Bertz CT molecular complexity index is 887. The molecular formula is C20H21N3O5. The lowest BCUT2D eigenvalue weighted by Crippen LogP contribution is -2.48. The summed E-state index contributed by atoms with van der Waals surface area (Å²) in [5.41, 5.74) is 0.950. The number of carbonyl (C=O) groups excluding carboxylic acids is 2. The Labute approximate surface area is 162 Å². The highest BCUT2D eigenvalue weighted by atomic mass is 16.6. The van der Waals surface area contributed by atoms with Crippen LogP contribution in [0.1, 0.15) is 34.6 Å². The van der Waals surface area contributed by atoms with Gasteiger partial charge in [0.25, 0.3) is 17.5 Å². The average molecular weight is 383 g/mol. The van der Waals surface area contributed by atoms with Crippen LogP contribution in [0.4, 0.5) is 11.4 Å². The van der Waals surface area contributed by atoms with Crippen LogP contribution in [0.5, 0.6) is 0 Å². The van der Waals surface area contributed by atoms with E-state index in [0.29, 0.717) is 24.3 Å². The molecule has 8 heteroatoms. The Balaban J connectivity index is 1.79. The van der Waals surface area contributed by atoms with Crippen molar-refractivity contribution in [2.75, 3.05) is 18.4 Å². The van der Waals surface area contributed by atoms with Gasteiger partial charge in [-0.25, -0.2) is 0 Å². The summed E-state index contributed by atoms with van der Waals surface area (Å²) in [6.45, 7) is 4.79. The first kappa shape index (κ1) is 19.5. The molecule has 0 spiro atoms. The number of non-ortho nitro benzene ring substituents is 1. The normalized spacial score (nSPS) is 19.1. The summed E-state index contributed by atoms with van der Waals surface area (Å²) in [6.07, 6.45) is -0.121. The molecule has 1 aliphatic rings. The van der Waals surface area contributed by atoms with E-state index in [1.165, 1.54) is 24.3 Å². The zero-order valence-electron chi connectivity index (χ0n) is 15.6. The standard InChI is InChI=1S/C20H21N3O5/c1-13-11-22(12-14(2)28-13)20(25)17-5-3-4-6-18(17)21-19(24)15-7-9-16(10-8-15)23(26)27/h3-10,13-14H,11-12H2,1-2H3,(H,21,24)/t13-,14-/m1/s1. The largest absolute Gasteiger partial charge is 0.372 e. The number of anilines is 1. The lowest BCUT2D eigenvalue weighted by atomic mass is 10.1. The Morgan fingerprint density at radius 2 is 1.68 bits per heavy atom. The summed E-state index contributed by atoms with van der Waals surface area (Å²) in [7, 11) is 0. The van der Waals surface area contributed by atoms with Gasteiger partial charge in [0, 0.05) is 30.8 Å². The van der Waals surface area contributed by atoms with E-state index < -0.39 is 10.8 Å². The molecule has 28 heavy (non-hydrogen) atoms. The lowest BCUT2D eigenvalue weighted by molar-refractivity contribution is -0.384. The fourth-order valence-corrected chi connectivity index (χ4v) is 3.22. The van der Waals surface area contributed by atoms with Crippen molar-refractivity contribution in [3.05, 3.63) is 69.8 Å². The van der Waals surface area contributed by atoms with Crippen molar-refractivity contribution in [1.29, 1.82) is 0 Å². The summed E-state index contributed by atoms with van der Waals surface area (Å²) >= 11 is 0. The van der Waals surface area contributed by atoms with Gasteiger partial charge in [-0.1, -0.05) is 12.1 Å². The van der Waals surface area contributed by atoms with Crippen molar-refractivity contribution >= 4 is 23.2 Å². The minimum atomic E-state index is -0.528. The molecular weight excluding hydrogens is 362 g/mol. The molecule has 1 aliphatic heterocycles. The summed E-state index contributed by atoms with van der Waals surface area (Å²) in [5.74, 6) is -0.625. The molecule has 0 aliphatic carbocycles. The van der Waals surface area contributed by atoms with Crippen molar-refractivity contribution in [2.45, 2.75) is 26.1 Å². The SMILES string of the molecule is C[C@@H]1CN(C(=O)c2ccccc2NC(=O)c2ccc([N+](=O)[O-])cc2)C[C@@H](C)O1. The Morgan fingerprint density at radius 1 is 1.07 bits per heavy atom. The third kappa shape index (κ3) is 4.34. The molecule has 3 rings (SSSR count). The molecule has 0 radical (unpaired) electrons. The monoisotopic (exact) mass is 383 g/mol. The van der Waals surface area contributed by atoms with Crippen LogP contribution in [0.15, 0.2) is 48.5 Å². The number of nitro groups is 1. The number of rotatable bonds is 4. The first-order valence-corrected chi connectivity index (χ1v) is 8.94. The zero-order chi connectivity index (χ0) is 20.3. The van der Waals surface area contributed by atoms with Gasteiger partial charge in [0.2, 0.25) is 0 Å². The van der Waals surface area contributed by atoms with Crippen LogP contribution < -0.4 is 5.32 Å². The number of para-hydroxylation sites is 1. The number of morpholine rings is 1. The second kappa shape index (κ2) is 8.18. The molecule has 8 nitrogen and oxygen atoms in total. The van der Waals surface area contributed by atoms with Crippen LogP contribution in [-0.4, -0.2) is 46.9 Å². The molecule has 1 fully saturated rings. The van der Waals surface area contributed by atoms with Crippen LogP contribution in [0.3, 0.4) is 0 Å². The molecule has 2 atom stereocenters. The minimum Gasteiger partial charge on any atom is -0.372 e. The number of ether oxygens (including phenoxy) is 1. The molecule has 1 saturated heterocycles. The van der Waals surface area contributed by atoms with Gasteiger partial charge in [0.1, 0.15) is 0 Å². The summed E-state index contributed by atoms with van der Waals surface area (Å²) in [5, 5.41) is 13.5. The zero-order valence-corrected chi connectivity index (χ0v) is 15.6. The average Bonchev–Trinajstić information content (AvgIpc) is 2.67. The van der Waals surface area contributed by atoms with Crippen molar-refractivity contribution in [1.82, 2.24) is 4.90 Å². The van der Waals surface area contributed by atoms with E-state index >= 15 is 0 Å². The molecule has 2 aromatic rings. The molecule has 0 aromatic heterocycles. The molecule has 1 heterocycles. The van der Waals surface area contributed by atoms with E-state index in [4.69, 9.17) is 4.74 Å². The Kier molecular flexibility index (Phi) is 5.70. The first-order chi connectivity index (χ1) is 13.3. The second-order valence-electron chi connectivity index (χ2n) is 6.77. The lowest BCUT2D eigenvalue weighted by Gasteiger charge is -2.35. The van der Waals surface area contributed by atoms with Gasteiger partial charge in [0.15, 0.2) is 0 Å². The number of nitrogens with one attached hydrogen (secondary N) is 1. The van der Waals surface area contributed by atoms with Crippen molar-refractivity contribution in [2.24, 2.45) is 0 Å². The Morgan fingerprint density at radius 3 is 2.29 bits per heavy atom. The Hall–Kier alpha value is -3.26. The van der Waals surface area contributed by atoms with Crippen LogP contribution in [0.25, 0.3) is 0 Å². The maximum Gasteiger partial charge on any atom is 0.269 e. The number of carbonyl (C=O) groups is 2. The fraction of sp³-hybridized carbons (Fsp3) is 0.300. The number of amides is 2. The van der Waals surface area contributed by atoms with E-state index in [-0.39, 0.29) is 29.4 Å². The smallest absolute Gasteiger partial charge is 0.269 e. The number of nitrogens with zero attached hydrogens (tertiary/aromatic N) is 2. The summed E-state index contributed by atoms with van der Waals surface area (Å²) in [4.78, 5) is 37.5. The number of hydrogen-bond acceptors (Lipinski definition) is 5. The number of hydrogen-bond donors (Lipinski definition) is 1. The third-order valence-electron chi connectivity index (χ3n) is 4.45. The summed E-state index contributed by atoms with van der Waals surface area (Å²) < 4.78 is 5.67. The highest BCUT2D eigenvalue weighted by Gasteiger charge is 2.28. The maximum absolute atomic E-state index is 13.0. The van der Waals surface area contributed by atoms with Crippen molar-refractivity contribution in [3.8, 4) is 0 Å². The van der Waals surface area contributed by atoms with E-state index in [9.17, 15) is 19.7 Å². The predicted molar refractivity (Wildman–Crippen MR) is 103 cm³/mol. The van der Waals surface area contributed by atoms with Gasteiger partial charge in [-0.2, -0.15) is 0 Å². The molecule has 0 bridgehead atoms. The van der Waals surface area contributed by atoms with Crippen LogP contribution in [-0.2, 0) is 4.74 Å². The van der Waals surface area contributed by atoms with Gasteiger partial charge in [-0.3, -0.25) is 19.7 Å². The van der Waals surface area contributed by atoms with Gasteiger partial charge in [-0.05, 0) is 38.1 Å². The quantitative estimate of drug-likeness (QED) is 0.646. The number of nitro benzene ring substituents is 1. The molecule has 0 saturated carbocycles. The molecule has 2 aromatic carbocycles. The van der Waals surface area contributed by atoms with Gasteiger partial charge < -0.3 is 15.0 Å². The predicted octanol–water partition coefficient (Wildman–Crippen LogP) is 3.10. The van der Waals surface area contributed by atoms with Crippen LogP contribution in [0.2, 0.25) is 0 Å². The van der Waals surface area contributed by atoms with E-state index in [1.54, 1.807) is 29.2 Å². The maximum atomic E-state index is 13.0. The second-order valence-corrected chi connectivity index (χ2v) is 6.77. The molecule has 2 amide bonds. The van der Waals surface area contributed by atoms with Gasteiger partial charge in [0.05, 0.1) is 28.4 Å². The molecule has 1 N–H and O–H groups in total. The van der Waals surface area contributed by atoms with E-state index in [0.717, 1.165) is 0 Å². The molecule has 0 unspecified atom stereocenters. The molecule has 146 valence electrons. The summed E-state index contributed by atoms with van der Waals surface area (Å²) in [6, 6.07) is 12.1. The van der Waals surface area contributed by atoms with Gasteiger partial charge in [-0.15, -0.1) is 0 Å². The van der Waals surface area contributed by atoms with E-state index in [1.807, 2.05) is 13.8 Å². The van der Waals surface area contributed by atoms with Gasteiger partial charge >= 0.3 is 0 Å². The number of benzene rings is 2. The van der Waals surface area contributed by atoms with Crippen LogP contribution in [0, 0.1) is 10.1 Å². The fourth-order valence-electron chi connectivity index (χ4n) is 3.22.